The maximum atomic E-state index is 10.3. The van der Waals surface area contributed by atoms with E-state index in [-0.39, 0.29) is 11.5 Å². The quantitative estimate of drug-likeness (QED) is 0.748. The Bertz CT molecular complexity index is 721. The Labute approximate surface area is 139 Å². The van der Waals surface area contributed by atoms with Crippen LogP contribution in [0.1, 0.15) is 0 Å². The van der Waals surface area contributed by atoms with E-state index in [0.29, 0.717) is 18.8 Å². The maximum Gasteiger partial charge on any atom is 0.182 e. The summed E-state index contributed by atoms with van der Waals surface area (Å²) in [6, 6.07) is 11.1. The number of phenolic OH excluding ortho intramolecular Hbond substituents is 2. The summed E-state index contributed by atoms with van der Waals surface area (Å²) in [6.07, 6.45) is -0.587. The van der Waals surface area contributed by atoms with Gasteiger partial charge in [-0.15, -0.1) is 0 Å². The molecule has 0 fully saturated rings. The monoisotopic (exact) mass is 332 g/mol. The molecule has 0 radical (unpaired) electrons. The Hall–Kier alpha value is -1.89. The smallest absolute Gasteiger partial charge is 0.182 e. The highest BCUT2D eigenvalue weighted by atomic mass is 32.2. The topological polar surface area (TPSA) is 67.2 Å². The van der Waals surface area contributed by atoms with Crippen LogP contribution in [0.2, 0.25) is 0 Å². The minimum Gasteiger partial charge on any atom is -0.504 e. The summed E-state index contributed by atoms with van der Waals surface area (Å²) in [5.74, 6) is -0.308. The fourth-order valence-corrected chi connectivity index (χ4v) is 3.88. The number of phenols is 2. The van der Waals surface area contributed by atoms with Crippen LogP contribution in [0.5, 0.6) is 11.5 Å². The first kappa shape index (κ1) is 16.0. The molecule has 1 heterocycles. The van der Waals surface area contributed by atoms with E-state index in [0.717, 1.165) is 15.5 Å². The van der Waals surface area contributed by atoms with E-state index >= 15 is 0 Å². The van der Waals surface area contributed by atoms with E-state index in [1.807, 2.05) is 48.2 Å². The van der Waals surface area contributed by atoms with Gasteiger partial charge >= 0.3 is 0 Å². The third kappa shape index (κ3) is 3.10. The minimum absolute atomic E-state index is 0.151. The number of likely N-dealkylation sites (N-methyl/N-ethyl adjacent to an activating group) is 1. The van der Waals surface area contributed by atoms with E-state index in [9.17, 15) is 15.3 Å². The van der Waals surface area contributed by atoms with Crippen LogP contribution in [0.4, 0.5) is 11.4 Å². The van der Waals surface area contributed by atoms with Gasteiger partial charge in [-0.3, -0.25) is 0 Å². The van der Waals surface area contributed by atoms with Gasteiger partial charge < -0.3 is 25.1 Å². The summed E-state index contributed by atoms with van der Waals surface area (Å²) in [5, 5.41) is 30.5. The van der Waals surface area contributed by atoms with Gasteiger partial charge in [-0.2, -0.15) is 0 Å². The fourth-order valence-electron chi connectivity index (χ4n) is 2.78. The summed E-state index contributed by atoms with van der Waals surface area (Å²) in [5.41, 5.74) is 1.47. The summed E-state index contributed by atoms with van der Waals surface area (Å²) in [7, 11) is 3.81. The number of fused-ring (bicyclic) bond motifs is 2. The molecule has 0 bridgehead atoms. The van der Waals surface area contributed by atoms with E-state index in [4.69, 9.17) is 0 Å². The van der Waals surface area contributed by atoms with Crippen molar-refractivity contribution in [3.63, 3.8) is 0 Å². The number of β-amino-alcohol motifs (C(OH)–C–C–N with tert-alkyl or cyclic N) is 1. The molecule has 6 heteroatoms. The molecule has 0 spiro atoms. The second-order valence-electron chi connectivity index (χ2n) is 5.88. The summed E-state index contributed by atoms with van der Waals surface area (Å²) in [4.78, 5) is 5.71. The van der Waals surface area contributed by atoms with Crippen molar-refractivity contribution in [3.8, 4) is 11.5 Å². The van der Waals surface area contributed by atoms with E-state index in [1.165, 1.54) is 6.07 Å². The average molecular weight is 332 g/mol. The molecule has 3 rings (SSSR count). The highest BCUT2D eigenvalue weighted by Crippen LogP contribution is 2.53. The van der Waals surface area contributed by atoms with Gasteiger partial charge in [-0.05, 0) is 38.4 Å². The van der Waals surface area contributed by atoms with Crippen molar-refractivity contribution >= 4 is 23.1 Å². The Morgan fingerprint density at radius 1 is 1.09 bits per heavy atom. The zero-order chi connectivity index (χ0) is 16.6. The molecule has 0 saturated heterocycles. The van der Waals surface area contributed by atoms with Crippen LogP contribution in [-0.2, 0) is 0 Å². The van der Waals surface area contributed by atoms with Crippen LogP contribution in [0, 0.1) is 0 Å². The van der Waals surface area contributed by atoms with E-state index < -0.39 is 6.10 Å². The fraction of sp³-hybridized carbons (Fsp3) is 0.294. The Kier molecular flexibility index (Phi) is 4.39. The predicted octanol–water partition coefficient (Wildman–Crippen LogP) is 2.62. The molecule has 3 N–H and O–H groups in total. The van der Waals surface area contributed by atoms with Crippen LogP contribution >= 0.6 is 11.8 Å². The molecule has 2 aromatic rings. The van der Waals surface area contributed by atoms with E-state index in [2.05, 4.69) is 0 Å². The van der Waals surface area contributed by atoms with Gasteiger partial charge in [0.15, 0.2) is 11.5 Å². The number of benzene rings is 2. The van der Waals surface area contributed by atoms with E-state index in [1.54, 1.807) is 17.8 Å². The maximum absolute atomic E-state index is 10.3. The normalized spacial score (nSPS) is 14.5. The SMILES string of the molecule is CN(C)CC(O)CN1c2ccccc2Sc2ccc(O)c(O)c21. The lowest BCUT2D eigenvalue weighted by Gasteiger charge is -2.35. The van der Waals surface area contributed by atoms with Crippen molar-refractivity contribution in [2.75, 3.05) is 32.1 Å². The third-order valence-electron chi connectivity index (χ3n) is 3.71. The molecule has 5 nitrogen and oxygen atoms in total. The van der Waals surface area contributed by atoms with Crippen molar-refractivity contribution in [1.29, 1.82) is 0 Å². The zero-order valence-electron chi connectivity index (χ0n) is 13.1. The number of hydrogen-bond donors (Lipinski definition) is 3. The zero-order valence-corrected chi connectivity index (χ0v) is 13.9. The van der Waals surface area contributed by atoms with Crippen molar-refractivity contribution in [2.45, 2.75) is 15.9 Å². The lowest BCUT2D eigenvalue weighted by molar-refractivity contribution is 0.143. The molecular weight excluding hydrogens is 312 g/mol. The molecule has 0 aromatic heterocycles. The first-order valence-corrected chi connectivity index (χ1v) is 8.21. The number of aliphatic hydroxyl groups is 1. The van der Waals surface area contributed by atoms with Crippen molar-refractivity contribution < 1.29 is 15.3 Å². The Morgan fingerprint density at radius 2 is 1.83 bits per heavy atom. The van der Waals surface area contributed by atoms with Crippen LogP contribution in [0.15, 0.2) is 46.2 Å². The van der Waals surface area contributed by atoms with Gasteiger partial charge in [0.2, 0.25) is 0 Å². The number of aromatic hydroxyl groups is 2. The standard InChI is InChI=1S/C17H20N2O3S/c1-18(2)9-11(20)10-19-12-5-3-4-6-14(12)23-15-8-7-13(21)17(22)16(15)19/h3-8,11,20-22H,9-10H2,1-2H3. The Morgan fingerprint density at radius 3 is 2.57 bits per heavy atom. The van der Waals surface area contributed by atoms with Gasteiger partial charge in [0, 0.05) is 16.3 Å². The average Bonchev–Trinajstić information content (AvgIpc) is 2.50. The van der Waals surface area contributed by atoms with Crippen LogP contribution in [0.25, 0.3) is 0 Å². The predicted molar refractivity (Wildman–Crippen MR) is 91.9 cm³/mol. The highest BCUT2D eigenvalue weighted by molar-refractivity contribution is 7.99. The van der Waals surface area contributed by atoms with Gasteiger partial charge in [-0.25, -0.2) is 0 Å². The summed E-state index contributed by atoms with van der Waals surface area (Å²) < 4.78 is 0. The number of para-hydroxylation sites is 1. The molecule has 0 amide bonds. The number of hydrogen-bond acceptors (Lipinski definition) is 6. The number of anilines is 2. The molecule has 0 saturated carbocycles. The first-order chi connectivity index (χ1) is 11.0. The van der Waals surface area contributed by atoms with Crippen LogP contribution < -0.4 is 4.90 Å². The Balaban J connectivity index is 2.05. The molecule has 1 aliphatic heterocycles. The number of nitrogens with zero attached hydrogens (tertiary/aromatic N) is 2. The second-order valence-corrected chi connectivity index (χ2v) is 6.96. The van der Waals surface area contributed by atoms with Crippen LogP contribution in [0.3, 0.4) is 0 Å². The van der Waals surface area contributed by atoms with Crippen molar-refractivity contribution in [3.05, 3.63) is 36.4 Å². The van der Waals surface area contributed by atoms with Gasteiger partial charge in [0.25, 0.3) is 0 Å². The third-order valence-corrected chi connectivity index (χ3v) is 4.82. The first-order valence-electron chi connectivity index (χ1n) is 7.39. The van der Waals surface area contributed by atoms with Crippen molar-refractivity contribution in [2.24, 2.45) is 0 Å². The largest absolute Gasteiger partial charge is 0.504 e. The van der Waals surface area contributed by atoms with Crippen molar-refractivity contribution in [1.82, 2.24) is 4.90 Å². The summed E-state index contributed by atoms with van der Waals surface area (Å²) >= 11 is 1.55. The second kappa shape index (κ2) is 6.31. The molecular formula is C17H20N2O3S. The van der Waals surface area contributed by atoms with Gasteiger partial charge in [0.1, 0.15) is 5.69 Å². The van der Waals surface area contributed by atoms with Crippen LogP contribution in [-0.4, -0.2) is 53.5 Å². The van der Waals surface area contributed by atoms with Gasteiger partial charge in [0.05, 0.1) is 18.3 Å². The molecule has 23 heavy (non-hydrogen) atoms. The molecule has 2 aromatic carbocycles. The number of rotatable bonds is 4. The molecule has 1 unspecified atom stereocenters. The molecule has 1 atom stereocenters. The molecule has 1 aliphatic rings. The molecule has 122 valence electrons. The summed E-state index contributed by atoms with van der Waals surface area (Å²) in [6.45, 7) is 0.848. The minimum atomic E-state index is -0.587. The number of aliphatic hydroxyl groups excluding tert-OH is 1. The lowest BCUT2D eigenvalue weighted by Crippen LogP contribution is -2.36. The highest BCUT2D eigenvalue weighted by Gasteiger charge is 2.29. The molecule has 0 aliphatic carbocycles. The van der Waals surface area contributed by atoms with Gasteiger partial charge in [-0.1, -0.05) is 23.9 Å². The lowest BCUT2D eigenvalue weighted by atomic mass is 10.1.